The number of aromatic nitrogens is 4. The van der Waals surface area contributed by atoms with E-state index in [0.29, 0.717) is 17.8 Å². The Labute approximate surface area is 207 Å². The molecule has 0 radical (unpaired) electrons. The Kier molecular flexibility index (Phi) is 8.43. The number of amides is 1. The van der Waals surface area contributed by atoms with Crippen LogP contribution in [-0.2, 0) is 9.47 Å². The molecule has 2 aromatic rings. The van der Waals surface area contributed by atoms with Gasteiger partial charge in [0, 0.05) is 56.1 Å². The van der Waals surface area contributed by atoms with Crippen LogP contribution >= 0.6 is 0 Å². The van der Waals surface area contributed by atoms with Gasteiger partial charge in [-0.15, -0.1) is 0 Å². The van der Waals surface area contributed by atoms with E-state index < -0.39 is 0 Å². The number of nitrogens with one attached hydrogen (secondary N) is 3. The summed E-state index contributed by atoms with van der Waals surface area (Å²) in [6, 6.07) is 4.27. The van der Waals surface area contributed by atoms with Gasteiger partial charge >= 0.3 is 6.09 Å². The standard InChI is InChI=1S/C25H39N7O3/c1-5-17-6-7-19(26-25(33)34-4)14-20(13-17)32(3)24-27-21(18-8-10-35-11-9-18)15-22(29-24)28-23-12-16(2)30-31-23/h12,15,17-20H,5-11,13-14H2,1-4H3,(H,26,33)(H2,27,28,29,30,31). The maximum absolute atomic E-state index is 11.9. The number of H-pyrrole nitrogens is 1. The Hall–Kier alpha value is -2.88. The number of aryl methyl sites for hydroxylation is 1. The van der Waals surface area contributed by atoms with Crippen LogP contribution in [0.5, 0.6) is 0 Å². The molecule has 1 saturated carbocycles. The highest BCUT2D eigenvalue weighted by molar-refractivity contribution is 5.67. The predicted molar refractivity (Wildman–Crippen MR) is 135 cm³/mol. The number of ether oxygens (including phenoxy) is 2. The number of aromatic amines is 1. The second-order valence-corrected chi connectivity index (χ2v) is 9.85. The van der Waals surface area contributed by atoms with Crippen molar-refractivity contribution in [2.24, 2.45) is 5.92 Å². The lowest BCUT2D eigenvalue weighted by Crippen LogP contribution is -2.41. The number of alkyl carbamates (subject to hydrolysis) is 1. The molecule has 0 bridgehead atoms. The largest absolute Gasteiger partial charge is 0.453 e. The molecule has 35 heavy (non-hydrogen) atoms. The molecule has 0 spiro atoms. The number of carbonyl (C=O) groups is 1. The lowest BCUT2D eigenvalue weighted by atomic mass is 9.95. The Bertz CT molecular complexity index is 976. The van der Waals surface area contributed by atoms with Gasteiger partial charge in [0.1, 0.15) is 5.82 Å². The van der Waals surface area contributed by atoms with E-state index in [2.05, 4.69) is 39.7 Å². The third-order valence-corrected chi connectivity index (χ3v) is 7.37. The van der Waals surface area contributed by atoms with Crippen LogP contribution in [0.3, 0.4) is 0 Å². The van der Waals surface area contributed by atoms with Gasteiger partial charge in [-0.05, 0) is 51.4 Å². The summed E-state index contributed by atoms with van der Waals surface area (Å²) in [5.41, 5.74) is 2.02. The van der Waals surface area contributed by atoms with Crippen LogP contribution in [0, 0.1) is 12.8 Å². The molecule has 2 aromatic heterocycles. The highest BCUT2D eigenvalue weighted by Gasteiger charge is 2.30. The van der Waals surface area contributed by atoms with Gasteiger partial charge in [0.15, 0.2) is 5.82 Å². The van der Waals surface area contributed by atoms with Crippen molar-refractivity contribution in [3.63, 3.8) is 0 Å². The van der Waals surface area contributed by atoms with Crippen LogP contribution in [0.2, 0.25) is 0 Å². The van der Waals surface area contributed by atoms with Crippen LogP contribution in [-0.4, -0.2) is 65.7 Å². The van der Waals surface area contributed by atoms with Crippen LogP contribution in [0.15, 0.2) is 12.1 Å². The Balaban J connectivity index is 1.61. The molecule has 1 amide bonds. The maximum atomic E-state index is 11.9. The highest BCUT2D eigenvalue weighted by Crippen LogP contribution is 2.33. The smallest absolute Gasteiger partial charge is 0.407 e. The number of hydrogen-bond donors (Lipinski definition) is 3. The van der Waals surface area contributed by atoms with Crippen molar-refractivity contribution in [2.75, 3.05) is 37.6 Å². The minimum absolute atomic E-state index is 0.0646. The number of hydrogen-bond acceptors (Lipinski definition) is 8. The van der Waals surface area contributed by atoms with E-state index in [1.165, 1.54) is 7.11 Å². The minimum atomic E-state index is -0.370. The van der Waals surface area contributed by atoms with Crippen molar-refractivity contribution >= 4 is 23.7 Å². The van der Waals surface area contributed by atoms with Crippen LogP contribution in [0.25, 0.3) is 0 Å². The summed E-state index contributed by atoms with van der Waals surface area (Å²) < 4.78 is 10.5. The fourth-order valence-corrected chi connectivity index (χ4v) is 5.18. The van der Waals surface area contributed by atoms with Crippen molar-refractivity contribution in [3.8, 4) is 0 Å². The summed E-state index contributed by atoms with van der Waals surface area (Å²) in [4.78, 5) is 24.1. The maximum Gasteiger partial charge on any atom is 0.407 e. The summed E-state index contributed by atoms with van der Waals surface area (Å²) in [7, 11) is 3.49. The normalized spacial score (nSPS) is 23.4. The molecule has 10 nitrogen and oxygen atoms in total. The summed E-state index contributed by atoms with van der Waals surface area (Å²) >= 11 is 0. The van der Waals surface area contributed by atoms with E-state index >= 15 is 0 Å². The molecule has 192 valence electrons. The molecule has 0 aromatic carbocycles. The minimum Gasteiger partial charge on any atom is -0.453 e. The van der Waals surface area contributed by atoms with Gasteiger partial charge in [-0.3, -0.25) is 5.10 Å². The number of methoxy groups -OCH3 is 1. The second kappa shape index (κ2) is 11.7. The van der Waals surface area contributed by atoms with Gasteiger partial charge in [0.05, 0.1) is 12.8 Å². The number of carbonyl (C=O) groups excluding carboxylic acids is 1. The van der Waals surface area contributed by atoms with Crippen LogP contribution in [0.4, 0.5) is 22.4 Å². The van der Waals surface area contributed by atoms with Gasteiger partial charge < -0.3 is 25.0 Å². The zero-order valence-electron chi connectivity index (χ0n) is 21.3. The molecule has 1 saturated heterocycles. The van der Waals surface area contributed by atoms with E-state index in [0.717, 1.165) is 81.2 Å². The van der Waals surface area contributed by atoms with E-state index in [1.54, 1.807) is 0 Å². The van der Waals surface area contributed by atoms with E-state index in [4.69, 9.17) is 19.4 Å². The number of nitrogens with zero attached hydrogens (tertiary/aromatic N) is 4. The molecule has 2 aliphatic rings. The fourth-order valence-electron chi connectivity index (χ4n) is 5.18. The SMILES string of the molecule is CCC1CCC(NC(=O)OC)CC(N(C)c2nc(Nc3cc(C)[nH]n3)cc(C3CCOCC3)n2)C1. The van der Waals surface area contributed by atoms with Gasteiger partial charge in [0.25, 0.3) is 0 Å². The summed E-state index contributed by atoms with van der Waals surface area (Å²) in [6.45, 7) is 5.72. The average molecular weight is 486 g/mol. The van der Waals surface area contributed by atoms with Crippen molar-refractivity contribution in [1.82, 2.24) is 25.5 Å². The molecule has 3 heterocycles. The molecule has 10 heteroatoms. The van der Waals surface area contributed by atoms with E-state index in [-0.39, 0.29) is 18.2 Å². The molecular weight excluding hydrogens is 446 g/mol. The van der Waals surface area contributed by atoms with Crippen molar-refractivity contribution in [2.45, 2.75) is 76.8 Å². The first kappa shape index (κ1) is 25.2. The van der Waals surface area contributed by atoms with Gasteiger partial charge in [-0.1, -0.05) is 13.3 Å². The molecular formula is C25H39N7O3. The van der Waals surface area contributed by atoms with E-state index in [9.17, 15) is 4.79 Å². The van der Waals surface area contributed by atoms with Crippen LogP contribution < -0.4 is 15.5 Å². The average Bonchev–Trinajstić information content (AvgIpc) is 3.17. The monoisotopic (exact) mass is 485 g/mol. The van der Waals surface area contributed by atoms with Crippen molar-refractivity contribution in [3.05, 3.63) is 23.5 Å². The first-order chi connectivity index (χ1) is 16.9. The Morgan fingerprint density at radius 1 is 1.17 bits per heavy atom. The summed E-state index contributed by atoms with van der Waals surface area (Å²) in [6.07, 6.45) is 6.55. The van der Waals surface area contributed by atoms with Crippen LogP contribution in [0.1, 0.15) is 69.2 Å². The Morgan fingerprint density at radius 3 is 2.66 bits per heavy atom. The predicted octanol–water partition coefficient (Wildman–Crippen LogP) is 4.28. The topological polar surface area (TPSA) is 117 Å². The molecule has 3 atom stereocenters. The lowest BCUT2D eigenvalue weighted by Gasteiger charge is -2.32. The second-order valence-electron chi connectivity index (χ2n) is 9.85. The third-order valence-electron chi connectivity index (χ3n) is 7.37. The molecule has 2 fully saturated rings. The number of rotatable bonds is 7. The first-order valence-corrected chi connectivity index (χ1v) is 12.8. The molecule has 1 aliphatic carbocycles. The quantitative estimate of drug-likeness (QED) is 0.498. The molecule has 4 rings (SSSR count). The lowest BCUT2D eigenvalue weighted by molar-refractivity contribution is 0.0845. The molecule has 3 N–H and O–H groups in total. The van der Waals surface area contributed by atoms with Gasteiger partial charge in [0.2, 0.25) is 5.95 Å². The van der Waals surface area contributed by atoms with E-state index in [1.807, 2.05) is 19.1 Å². The van der Waals surface area contributed by atoms with Crippen molar-refractivity contribution in [1.29, 1.82) is 0 Å². The Morgan fingerprint density at radius 2 is 1.97 bits per heavy atom. The number of anilines is 3. The fraction of sp³-hybridized carbons (Fsp3) is 0.680. The first-order valence-electron chi connectivity index (χ1n) is 12.8. The highest BCUT2D eigenvalue weighted by atomic mass is 16.5. The molecule has 3 unspecified atom stereocenters. The third kappa shape index (κ3) is 6.62. The zero-order valence-corrected chi connectivity index (χ0v) is 21.3. The van der Waals surface area contributed by atoms with Crippen molar-refractivity contribution < 1.29 is 14.3 Å². The van der Waals surface area contributed by atoms with Gasteiger partial charge in [-0.2, -0.15) is 10.1 Å². The summed E-state index contributed by atoms with van der Waals surface area (Å²) in [5.74, 6) is 3.10. The summed E-state index contributed by atoms with van der Waals surface area (Å²) in [5, 5.41) is 13.7. The molecule has 1 aliphatic heterocycles. The zero-order chi connectivity index (χ0) is 24.8. The van der Waals surface area contributed by atoms with Gasteiger partial charge in [-0.25, -0.2) is 9.78 Å².